The molecule has 8 aromatic carbocycles. The second kappa shape index (κ2) is 28.2. The van der Waals surface area contributed by atoms with Gasteiger partial charge in [0, 0.05) is 26.5 Å². The first-order chi connectivity index (χ1) is 39.3. The maximum Gasteiger partial charge on any atom is 0.166 e. The van der Waals surface area contributed by atoms with Crippen molar-refractivity contribution < 1.29 is 35.0 Å². The Morgan fingerprint density at radius 2 is 0.573 bits per heavy atom. The first kappa shape index (κ1) is 61.6. The molecule has 0 bridgehead atoms. The van der Waals surface area contributed by atoms with E-state index in [0.29, 0.717) is 56.7 Å². The topological polar surface area (TPSA) is 0 Å². The maximum atomic E-state index is 14.5. The molecule has 0 amide bonds. The van der Waals surface area contributed by atoms with E-state index in [1.54, 1.807) is 63.2 Å². The van der Waals surface area contributed by atoms with Gasteiger partial charge in [-0.15, -0.1) is 0 Å². The third-order valence-corrected chi connectivity index (χ3v) is 18.0. The minimum Gasteiger partial charge on any atom is -0.205 e. The molecule has 0 nitrogen and oxygen atoms in total. The van der Waals surface area contributed by atoms with Crippen LogP contribution in [0.3, 0.4) is 0 Å². The molecular formula is C74H84ClF7. The van der Waals surface area contributed by atoms with Crippen LogP contribution in [-0.2, 0) is 0 Å². The predicted molar refractivity (Wildman–Crippen MR) is 333 cm³/mol. The number of hydrogen-bond donors (Lipinski definition) is 0. The Labute approximate surface area is 492 Å². The van der Waals surface area contributed by atoms with Crippen LogP contribution in [0.25, 0.3) is 44.5 Å². The molecule has 0 heterocycles. The minimum atomic E-state index is -0.751. The number of rotatable bonds is 7. The fourth-order valence-corrected chi connectivity index (χ4v) is 12.0. The van der Waals surface area contributed by atoms with Crippen molar-refractivity contribution in [3.05, 3.63) is 236 Å². The van der Waals surface area contributed by atoms with Crippen molar-refractivity contribution in [2.75, 3.05) is 0 Å². The fourth-order valence-electron chi connectivity index (χ4n) is 11.8. The summed E-state index contributed by atoms with van der Waals surface area (Å²) in [6.45, 7) is 15.8. The summed E-state index contributed by atoms with van der Waals surface area (Å²) in [5.74, 6) is -0.934. The standard InChI is InChI=1S/3C20H22F2.C14H12ClF.3H2/c1-13-3-7-15(8-4-13)17-11-12-18(20(22)19(17)21)16-9-5-14(2)6-10-16;2*1-13-3-6-15(7-4-13)16-8-10-17(11-9-16)18-12-5-14(2)19(21)20(18)22;1-9-3-6-11(7-4-9)12-8-5-10(2)13(15)14(12)16;;;/h3-4,7-8,11-12,14,16H,5-6,9-10H2,1-2H3;2*5,8-13,15H,3-4,6-7H2,1-2H3;3-8H,1-2H3;3*1H. The van der Waals surface area contributed by atoms with Crippen LogP contribution >= 0.6 is 11.6 Å². The molecule has 0 saturated heterocycles. The van der Waals surface area contributed by atoms with E-state index >= 15 is 0 Å². The molecule has 0 N–H and O–H groups in total. The molecule has 11 rings (SSSR count). The van der Waals surface area contributed by atoms with Crippen LogP contribution in [-0.4, -0.2) is 0 Å². The van der Waals surface area contributed by atoms with Crippen molar-refractivity contribution in [2.45, 2.75) is 150 Å². The third-order valence-electron chi connectivity index (χ3n) is 17.5. The van der Waals surface area contributed by atoms with Gasteiger partial charge >= 0.3 is 0 Å². The van der Waals surface area contributed by atoms with Crippen molar-refractivity contribution in [1.82, 2.24) is 0 Å². The van der Waals surface area contributed by atoms with Gasteiger partial charge in [-0.05, 0) is 164 Å². The zero-order valence-corrected chi connectivity index (χ0v) is 49.6. The van der Waals surface area contributed by atoms with Gasteiger partial charge in [0.25, 0.3) is 0 Å². The summed E-state index contributed by atoms with van der Waals surface area (Å²) < 4.78 is 98.5. The van der Waals surface area contributed by atoms with Crippen LogP contribution in [0.4, 0.5) is 30.7 Å². The van der Waals surface area contributed by atoms with Crippen molar-refractivity contribution in [1.29, 1.82) is 0 Å². The molecule has 3 aliphatic rings. The van der Waals surface area contributed by atoms with Gasteiger partial charge < -0.3 is 0 Å². The van der Waals surface area contributed by atoms with E-state index in [9.17, 15) is 30.7 Å². The lowest BCUT2D eigenvalue weighted by Crippen LogP contribution is -2.13. The summed E-state index contributed by atoms with van der Waals surface area (Å²) in [5.41, 5.74) is 11.6. The maximum absolute atomic E-state index is 14.5. The van der Waals surface area contributed by atoms with Crippen LogP contribution < -0.4 is 0 Å². The molecule has 3 aliphatic carbocycles. The Kier molecular flexibility index (Phi) is 21.2. The summed E-state index contributed by atoms with van der Waals surface area (Å²) in [7, 11) is 0. The molecule has 0 aliphatic heterocycles. The highest BCUT2D eigenvalue weighted by atomic mass is 35.5. The van der Waals surface area contributed by atoms with E-state index in [1.807, 2.05) is 92.7 Å². The quantitative estimate of drug-likeness (QED) is 0.140. The number of halogens is 8. The summed E-state index contributed by atoms with van der Waals surface area (Å²) >= 11 is 5.89. The van der Waals surface area contributed by atoms with Gasteiger partial charge in [-0.1, -0.05) is 228 Å². The Balaban J connectivity index is 0.000000206. The lowest BCUT2D eigenvalue weighted by molar-refractivity contribution is 0.339. The normalized spacial score (nSPS) is 19.6. The van der Waals surface area contributed by atoms with Crippen molar-refractivity contribution in [2.24, 2.45) is 17.8 Å². The minimum absolute atomic E-state index is 0. The highest BCUT2D eigenvalue weighted by Gasteiger charge is 2.26. The zero-order chi connectivity index (χ0) is 58.8. The smallest absolute Gasteiger partial charge is 0.166 e. The molecular weight excluding hydrogens is 1060 g/mol. The van der Waals surface area contributed by atoms with Crippen LogP contribution in [0, 0.1) is 93.1 Å². The molecule has 0 unspecified atom stereocenters. The van der Waals surface area contributed by atoms with E-state index in [0.717, 1.165) is 76.5 Å². The largest absolute Gasteiger partial charge is 0.205 e. The van der Waals surface area contributed by atoms with Crippen LogP contribution in [0.15, 0.2) is 146 Å². The van der Waals surface area contributed by atoms with Crippen molar-refractivity contribution in [3.63, 3.8) is 0 Å². The Morgan fingerprint density at radius 3 is 0.927 bits per heavy atom. The predicted octanol–water partition coefficient (Wildman–Crippen LogP) is 24.2. The third kappa shape index (κ3) is 15.2. The molecule has 0 spiro atoms. The molecule has 82 heavy (non-hydrogen) atoms. The van der Waals surface area contributed by atoms with Gasteiger partial charge in [-0.25, -0.2) is 30.7 Å². The highest BCUT2D eigenvalue weighted by molar-refractivity contribution is 6.31. The number of hydrogen-bond acceptors (Lipinski definition) is 0. The summed E-state index contributed by atoms with van der Waals surface area (Å²) in [6.07, 6.45) is 14.2. The first-order valence-corrected chi connectivity index (χ1v) is 29.8. The zero-order valence-electron chi connectivity index (χ0n) is 48.8. The molecule has 436 valence electrons. The van der Waals surface area contributed by atoms with Gasteiger partial charge in [-0.2, -0.15) is 0 Å². The van der Waals surface area contributed by atoms with Crippen LogP contribution in [0.5, 0.6) is 0 Å². The second-order valence-corrected chi connectivity index (χ2v) is 24.2. The van der Waals surface area contributed by atoms with E-state index in [1.165, 1.54) is 62.5 Å². The Morgan fingerprint density at radius 1 is 0.293 bits per heavy atom. The van der Waals surface area contributed by atoms with Gasteiger partial charge in [0.05, 0.1) is 5.02 Å². The highest BCUT2D eigenvalue weighted by Crippen LogP contribution is 2.41. The van der Waals surface area contributed by atoms with Gasteiger partial charge in [0.1, 0.15) is 5.82 Å². The Hall–Kier alpha value is -6.44. The van der Waals surface area contributed by atoms with Gasteiger partial charge in [0.2, 0.25) is 0 Å². The Bertz CT molecular complexity index is 3280. The van der Waals surface area contributed by atoms with E-state index in [4.69, 9.17) is 11.6 Å². The lowest BCUT2D eigenvalue weighted by atomic mass is 9.79. The second-order valence-electron chi connectivity index (χ2n) is 23.9. The molecule has 8 heteroatoms. The molecule has 0 aromatic heterocycles. The fraction of sp³-hybridized carbons (Fsp3) is 0.351. The van der Waals surface area contributed by atoms with Gasteiger partial charge in [0.15, 0.2) is 34.9 Å². The monoisotopic (exact) mass is 1140 g/mol. The van der Waals surface area contributed by atoms with E-state index < -0.39 is 34.9 Å². The summed E-state index contributed by atoms with van der Waals surface area (Å²) in [6, 6.07) is 44.9. The van der Waals surface area contributed by atoms with Crippen molar-refractivity contribution in [3.8, 4) is 44.5 Å². The summed E-state index contributed by atoms with van der Waals surface area (Å²) in [4.78, 5) is 0. The molecule has 0 atom stereocenters. The first-order valence-electron chi connectivity index (χ1n) is 29.4. The van der Waals surface area contributed by atoms with Gasteiger partial charge in [-0.3, -0.25) is 0 Å². The van der Waals surface area contributed by atoms with Crippen molar-refractivity contribution >= 4 is 11.6 Å². The number of aryl methyl sites for hydroxylation is 5. The molecule has 3 fully saturated rings. The lowest BCUT2D eigenvalue weighted by Gasteiger charge is -2.27. The SMILES string of the molecule is Cc1ccc(-c2ccc(C)c(Cl)c2F)cc1.Cc1ccc(-c2ccc(C3CCC(C)CC3)c(F)c2F)cc1.Cc1ccc(-c2ccc(C3CCC(C)CC3)cc2)c(F)c1F.Cc1ccc(-c2ccc(C3CCC(C)CC3)cc2)c(F)c1F.[HH].[HH].[HH]. The van der Waals surface area contributed by atoms with Crippen LogP contribution in [0.2, 0.25) is 5.02 Å². The average molecular weight is 1140 g/mol. The van der Waals surface area contributed by atoms with E-state index in [-0.39, 0.29) is 21.0 Å². The molecule has 8 aromatic rings. The van der Waals surface area contributed by atoms with E-state index in [2.05, 4.69) is 45.0 Å². The average Bonchev–Trinajstić information content (AvgIpc) is 3.12. The summed E-state index contributed by atoms with van der Waals surface area (Å²) in [5, 5.41) is 0.207. The molecule has 3 saturated carbocycles. The molecule has 0 radical (unpaired) electrons. The van der Waals surface area contributed by atoms with Crippen LogP contribution in [0.1, 0.15) is 164 Å². The number of benzene rings is 8.